The summed E-state index contributed by atoms with van der Waals surface area (Å²) in [6.07, 6.45) is 0.957. The summed E-state index contributed by atoms with van der Waals surface area (Å²) in [7, 11) is 3.84. The third-order valence-corrected chi connectivity index (χ3v) is 7.14. The van der Waals surface area contributed by atoms with Crippen LogP contribution < -0.4 is 16.0 Å². The molecule has 0 saturated carbocycles. The van der Waals surface area contributed by atoms with Crippen molar-refractivity contribution < 1.29 is 19.2 Å². The number of nitrogens with one attached hydrogen (secondary N) is 1. The zero-order valence-electron chi connectivity index (χ0n) is 22.6. The number of hydrogen-bond donors (Lipinski definition) is 2. The monoisotopic (exact) mass is 499 g/mol. The Balaban J connectivity index is 1.77. The van der Waals surface area contributed by atoms with Crippen molar-refractivity contribution in [3.05, 3.63) is 29.8 Å². The fourth-order valence-corrected chi connectivity index (χ4v) is 4.95. The van der Waals surface area contributed by atoms with E-state index in [9.17, 15) is 19.2 Å². The third kappa shape index (κ3) is 5.72. The quantitative estimate of drug-likeness (QED) is 0.589. The molecule has 9 heteroatoms. The third-order valence-electron chi connectivity index (χ3n) is 7.14. The molecule has 2 aliphatic rings. The van der Waals surface area contributed by atoms with Crippen LogP contribution >= 0.6 is 0 Å². The Morgan fingerprint density at radius 1 is 1.08 bits per heavy atom. The van der Waals surface area contributed by atoms with Crippen LogP contribution in [0.15, 0.2) is 24.3 Å². The second-order valence-corrected chi connectivity index (χ2v) is 11.7. The Bertz CT molecular complexity index is 998. The highest BCUT2D eigenvalue weighted by Gasteiger charge is 2.53. The van der Waals surface area contributed by atoms with Gasteiger partial charge in [-0.15, -0.1) is 0 Å². The molecule has 2 heterocycles. The van der Waals surface area contributed by atoms with Gasteiger partial charge in [-0.2, -0.15) is 0 Å². The number of ketones is 1. The van der Waals surface area contributed by atoms with Gasteiger partial charge < -0.3 is 25.8 Å². The van der Waals surface area contributed by atoms with Crippen LogP contribution in [0.25, 0.3) is 0 Å². The fourth-order valence-electron chi connectivity index (χ4n) is 4.95. The number of Topliss-reactive ketones (excluding diaryl/α,β-unsaturated/α-hetero) is 1. The van der Waals surface area contributed by atoms with Crippen LogP contribution in [0.2, 0.25) is 0 Å². The number of carbonyl (C=O) groups is 4. The number of carbonyl (C=O) groups excluding carboxylic acids is 4. The van der Waals surface area contributed by atoms with E-state index in [4.69, 9.17) is 5.73 Å². The molecular formula is C27H41N5O4. The van der Waals surface area contributed by atoms with Gasteiger partial charge in [-0.3, -0.25) is 19.2 Å². The Morgan fingerprint density at radius 3 is 2.22 bits per heavy atom. The molecule has 4 unspecified atom stereocenters. The number of nitrogens with zero attached hydrogens (tertiary/aromatic N) is 3. The van der Waals surface area contributed by atoms with Crippen LogP contribution in [-0.2, 0) is 14.4 Å². The molecule has 9 nitrogen and oxygen atoms in total. The van der Waals surface area contributed by atoms with E-state index in [1.807, 2.05) is 65.7 Å². The lowest BCUT2D eigenvalue weighted by molar-refractivity contribution is -0.138. The molecule has 3 rings (SSSR count). The normalized spacial score (nSPS) is 21.4. The molecule has 0 radical (unpaired) electrons. The van der Waals surface area contributed by atoms with Crippen LogP contribution in [0.5, 0.6) is 0 Å². The van der Waals surface area contributed by atoms with E-state index in [1.165, 1.54) is 0 Å². The first-order chi connectivity index (χ1) is 16.7. The lowest BCUT2D eigenvalue weighted by Crippen LogP contribution is -2.54. The molecule has 198 valence electrons. The van der Waals surface area contributed by atoms with E-state index in [2.05, 4.69) is 5.32 Å². The SMILES string of the molecule is CC(C)CC(NC(=O)c1ccc(N(C)C)cc1)C(=O)N1CCC2C1C(=O)CN2C(=O)C(N)C(C)(C)C. The van der Waals surface area contributed by atoms with E-state index in [0.29, 0.717) is 24.9 Å². The van der Waals surface area contributed by atoms with Crippen LogP contribution in [0.4, 0.5) is 5.69 Å². The predicted octanol–water partition coefficient (Wildman–Crippen LogP) is 1.65. The van der Waals surface area contributed by atoms with E-state index in [1.54, 1.807) is 21.9 Å². The minimum Gasteiger partial charge on any atom is -0.378 e. The van der Waals surface area contributed by atoms with Gasteiger partial charge >= 0.3 is 0 Å². The molecule has 2 aliphatic heterocycles. The highest BCUT2D eigenvalue weighted by molar-refractivity contribution is 6.01. The smallest absolute Gasteiger partial charge is 0.251 e. The van der Waals surface area contributed by atoms with Crippen molar-refractivity contribution in [2.24, 2.45) is 17.1 Å². The molecule has 2 fully saturated rings. The average molecular weight is 500 g/mol. The van der Waals surface area contributed by atoms with Crippen molar-refractivity contribution in [2.75, 3.05) is 32.1 Å². The van der Waals surface area contributed by atoms with Gasteiger partial charge in [0.15, 0.2) is 5.78 Å². The highest BCUT2D eigenvalue weighted by Crippen LogP contribution is 2.32. The molecule has 2 saturated heterocycles. The maximum atomic E-state index is 13.7. The summed E-state index contributed by atoms with van der Waals surface area (Å²) in [5, 5.41) is 2.90. The summed E-state index contributed by atoms with van der Waals surface area (Å²) >= 11 is 0. The van der Waals surface area contributed by atoms with Gasteiger partial charge in [0, 0.05) is 31.9 Å². The van der Waals surface area contributed by atoms with Crippen LogP contribution in [0, 0.1) is 11.3 Å². The molecule has 0 spiro atoms. The maximum absolute atomic E-state index is 13.7. The average Bonchev–Trinajstić information content (AvgIpc) is 3.37. The minimum atomic E-state index is -0.765. The van der Waals surface area contributed by atoms with Gasteiger partial charge in [0.05, 0.1) is 18.6 Å². The largest absolute Gasteiger partial charge is 0.378 e. The molecule has 1 aromatic rings. The Labute approximate surface area is 214 Å². The topological polar surface area (TPSA) is 116 Å². The van der Waals surface area contributed by atoms with Crippen molar-refractivity contribution >= 4 is 29.2 Å². The highest BCUT2D eigenvalue weighted by atomic mass is 16.2. The number of benzene rings is 1. The molecule has 0 bridgehead atoms. The predicted molar refractivity (Wildman–Crippen MR) is 140 cm³/mol. The van der Waals surface area contributed by atoms with Gasteiger partial charge in [0.1, 0.15) is 12.1 Å². The van der Waals surface area contributed by atoms with Crippen LogP contribution in [0.1, 0.15) is 57.8 Å². The number of likely N-dealkylation sites (tertiary alicyclic amines) is 2. The van der Waals surface area contributed by atoms with Crippen molar-refractivity contribution in [3.63, 3.8) is 0 Å². The van der Waals surface area contributed by atoms with Crippen molar-refractivity contribution in [3.8, 4) is 0 Å². The lowest BCUT2D eigenvalue weighted by Gasteiger charge is -2.32. The van der Waals surface area contributed by atoms with Crippen molar-refractivity contribution in [1.29, 1.82) is 0 Å². The minimum absolute atomic E-state index is 0.0405. The summed E-state index contributed by atoms with van der Waals surface area (Å²) < 4.78 is 0. The van der Waals surface area contributed by atoms with E-state index >= 15 is 0 Å². The lowest BCUT2D eigenvalue weighted by atomic mass is 9.86. The number of nitrogens with two attached hydrogens (primary N) is 1. The first-order valence-electron chi connectivity index (χ1n) is 12.7. The number of hydrogen-bond acceptors (Lipinski definition) is 6. The maximum Gasteiger partial charge on any atom is 0.251 e. The second kappa shape index (κ2) is 10.6. The molecule has 3 amide bonds. The Morgan fingerprint density at radius 2 is 1.69 bits per heavy atom. The van der Waals surface area contributed by atoms with Crippen LogP contribution in [0.3, 0.4) is 0 Å². The van der Waals surface area contributed by atoms with Crippen LogP contribution in [-0.4, -0.2) is 84.7 Å². The summed E-state index contributed by atoms with van der Waals surface area (Å²) in [6, 6.07) is 4.59. The summed E-state index contributed by atoms with van der Waals surface area (Å²) in [5.74, 6) is -0.881. The van der Waals surface area contributed by atoms with E-state index < -0.39 is 23.5 Å². The van der Waals surface area contributed by atoms with Crippen molar-refractivity contribution in [2.45, 2.75) is 71.6 Å². The number of rotatable bonds is 7. The van der Waals surface area contributed by atoms with Crippen molar-refractivity contribution in [1.82, 2.24) is 15.1 Å². The fraction of sp³-hybridized carbons (Fsp3) is 0.630. The molecule has 36 heavy (non-hydrogen) atoms. The summed E-state index contributed by atoms with van der Waals surface area (Å²) in [4.78, 5) is 57.8. The first-order valence-corrected chi connectivity index (χ1v) is 12.7. The molecule has 0 aliphatic carbocycles. The number of amides is 3. The standard InChI is InChI=1S/C27H41N5O4/c1-16(2)14-19(29-24(34)17-8-10-18(11-9-17)30(6)7)25(35)31-13-12-20-22(31)21(33)15-32(20)26(36)23(28)27(3,4)5/h8-11,16,19-20,22-23H,12-15,28H2,1-7H3,(H,29,34). The van der Waals surface area contributed by atoms with Gasteiger partial charge in [0.2, 0.25) is 11.8 Å². The van der Waals surface area contributed by atoms with Gasteiger partial charge in [-0.25, -0.2) is 0 Å². The summed E-state index contributed by atoms with van der Waals surface area (Å²) in [5.41, 5.74) is 7.19. The van der Waals surface area contributed by atoms with E-state index in [-0.39, 0.29) is 42.0 Å². The van der Waals surface area contributed by atoms with E-state index in [0.717, 1.165) is 5.69 Å². The van der Waals surface area contributed by atoms with Gasteiger partial charge in [-0.1, -0.05) is 34.6 Å². The van der Waals surface area contributed by atoms with Gasteiger partial charge in [0.25, 0.3) is 5.91 Å². The first kappa shape index (κ1) is 27.6. The zero-order valence-corrected chi connectivity index (χ0v) is 22.6. The molecular weight excluding hydrogens is 458 g/mol. The number of fused-ring (bicyclic) bond motifs is 1. The summed E-state index contributed by atoms with van der Waals surface area (Å²) in [6.45, 7) is 9.96. The number of anilines is 1. The van der Waals surface area contributed by atoms with Gasteiger partial charge in [-0.05, 0) is 48.4 Å². The molecule has 4 atom stereocenters. The Hall–Kier alpha value is -2.94. The molecule has 0 aromatic heterocycles. The molecule has 1 aromatic carbocycles. The zero-order chi connectivity index (χ0) is 26.9. The molecule has 3 N–H and O–H groups in total. The Kier molecular flexibility index (Phi) is 8.13. The second-order valence-electron chi connectivity index (χ2n) is 11.7.